The van der Waals surface area contributed by atoms with Crippen LogP contribution in [0.1, 0.15) is 5.69 Å². The van der Waals surface area contributed by atoms with E-state index < -0.39 is 23.7 Å². The van der Waals surface area contributed by atoms with Gasteiger partial charge < -0.3 is 5.11 Å². The van der Waals surface area contributed by atoms with Crippen LogP contribution in [0.4, 0.5) is 18.0 Å². The number of halogens is 3. The molecule has 0 aliphatic heterocycles. The fourth-order valence-corrected chi connectivity index (χ4v) is 2.27. The highest BCUT2D eigenvalue weighted by atomic mass is 19.4. The SMILES string of the molecule is O=C(O)n1c(=O)n(-c2ccc(C(F)(F)F)nc2)c2ccccc21. The summed E-state index contributed by atoms with van der Waals surface area (Å²) < 4.78 is 39.2. The van der Waals surface area contributed by atoms with Crippen LogP contribution in [0, 0.1) is 0 Å². The minimum absolute atomic E-state index is 0.0409. The number of benzene rings is 1. The summed E-state index contributed by atoms with van der Waals surface area (Å²) in [6, 6.07) is 7.86. The van der Waals surface area contributed by atoms with E-state index in [-0.39, 0.29) is 16.7 Å². The van der Waals surface area contributed by atoms with Crippen molar-refractivity contribution in [1.29, 1.82) is 0 Å². The fourth-order valence-electron chi connectivity index (χ4n) is 2.27. The highest BCUT2D eigenvalue weighted by Crippen LogP contribution is 2.28. The van der Waals surface area contributed by atoms with Crippen LogP contribution in [-0.2, 0) is 6.18 Å². The smallest absolute Gasteiger partial charge is 0.433 e. The third-order valence-electron chi connectivity index (χ3n) is 3.23. The minimum Gasteiger partial charge on any atom is -0.464 e. The summed E-state index contributed by atoms with van der Waals surface area (Å²) in [6.07, 6.45) is -5.20. The van der Waals surface area contributed by atoms with Crippen LogP contribution in [0.5, 0.6) is 0 Å². The van der Waals surface area contributed by atoms with Gasteiger partial charge in [0.05, 0.1) is 22.9 Å². The van der Waals surface area contributed by atoms with Gasteiger partial charge in [0, 0.05) is 0 Å². The Morgan fingerprint density at radius 1 is 1.09 bits per heavy atom. The molecule has 0 aliphatic rings. The number of hydrogen-bond acceptors (Lipinski definition) is 3. The van der Waals surface area contributed by atoms with Gasteiger partial charge in [-0.25, -0.2) is 14.6 Å². The van der Waals surface area contributed by atoms with Crippen molar-refractivity contribution in [2.24, 2.45) is 0 Å². The van der Waals surface area contributed by atoms with Gasteiger partial charge >= 0.3 is 18.0 Å². The van der Waals surface area contributed by atoms with E-state index >= 15 is 0 Å². The summed E-state index contributed by atoms with van der Waals surface area (Å²) in [5, 5.41) is 9.16. The normalized spacial score (nSPS) is 11.8. The number of imidazole rings is 1. The lowest BCUT2D eigenvalue weighted by atomic mass is 10.3. The molecule has 6 nitrogen and oxygen atoms in total. The highest BCUT2D eigenvalue weighted by molar-refractivity contribution is 5.87. The van der Waals surface area contributed by atoms with Crippen molar-refractivity contribution in [2.75, 3.05) is 0 Å². The Hall–Kier alpha value is -3.10. The average Bonchev–Trinajstić information content (AvgIpc) is 2.78. The number of hydrogen-bond donors (Lipinski definition) is 1. The number of carboxylic acid groups (broad SMARTS) is 1. The Balaban J connectivity index is 2.27. The molecule has 0 saturated carbocycles. The summed E-state index contributed by atoms with van der Waals surface area (Å²) in [5.41, 5.74) is -1.58. The Labute approximate surface area is 126 Å². The molecule has 0 atom stereocenters. The zero-order chi connectivity index (χ0) is 16.8. The van der Waals surface area contributed by atoms with Gasteiger partial charge in [0.15, 0.2) is 0 Å². The zero-order valence-electron chi connectivity index (χ0n) is 11.3. The predicted molar refractivity (Wildman–Crippen MR) is 73.8 cm³/mol. The van der Waals surface area contributed by atoms with Gasteiger partial charge in [-0.05, 0) is 24.3 Å². The minimum atomic E-state index is -4.60. The number of carbonyl (C=O) groups is 1. The van der Waals surface area contributed by atoms with Crippen molar-refractivity contribution in [2.45, 2.75) is 6.18 Å². The molecule has 9 heteroatoms. The molecule has 3 aromatic rings. The molecule has 118 valence electrons. The van der Waals surface area contributed by atoms with Crippen molar-refractivity contribution >= 4 is 17.1 Å². The highest BCUT2D eigenvalue weighted by Gasteiger charge is 2.32. The third-order valence-corrected chi connectivity index (χ3v) is 3.23. The van der Waals surface area contributed by atoms with Crippen molar-refractivity contribution in [3.8, 4) is 5.69 Å². The molecule has 0 amide bonds. The van der Waals surface area contributed by atoms with Crippen molar-refractivity contribution in [3.63, 3.8) is 0 Å². The summed E-state index contributed by atoms with van der Waals surface area (Å²) in [6.45, 7) is 0. The molecule has 0 fully saturated rings. The molecular weight excluding hydrogens is 315 g/mol. The summed E-state index contributed by atoms with van der Waals surface area (Å²) in [4.78, 5) is 26.8. The first kappa shape index (κ1) is 14.8. The Kier molecular flexibility index (Phi) is 3.20. The van der Waals surface area contributed by atoms with Crippen molar-refractivity contribution < 1.29 is 23.1 Å². The molecule has 0 unspecified atom stereocenters. The Bertz CT molecular complexity index is 955. The predicted octanol–water partition coefficient (Wildman–Crippen LogP) is 2.73. The quantitative estimate of drug-likeness (QED) is 0.747. The van der Waals surface area contributed by atoms with Gasteiger partial charge in [-0.2, -0.15) is 17.7 Å². The fraction of sp³-hybridized carbons (Fsp3) is 0.0714. The molecule has 0 spiro atoms. The maximum Gasteiger partial charge on any atom is 0.433 e. The average molecular weight is 323 g/mol. The van der Waals surface area contributed by atoms with Crippen LogP contribution >= 0.6 is 0 Å². The second kappa shape index (κ2) is 4.97. The third kappa shape index (κ3) is 2.35. The van der Waals surface area contributed by atoms with Gasteiger partial charge in [-0.1, -0.05) is 12.1 Å². The van der Waals surface area contributed by atoms with Gasteiger partial charge in [0.1, 0.15) is 5.69 Å². The maximum absolute atomic E-state index is 12.6. The van der Waals surface area contributed by atoms with Gasteiger partial charge in [-0.15, -0.1) is 0 Å². The van der Waals surface area contributed by atoms with Gasteiger partial charge in [0.2, 0.25) is 0 Å². The number of nitrogens with zero attached hydrogens (tertiary/aromatic N) is 3. The number of aromatic nitrogens is 3. The first-order valence-electron chi connectivity index (χ1n) is 6.30. The molecule has 0 saturated heterocycles. The largest absolute Gasteiger partial charge is 0.464 e. The molecule has 0 bridgehead atoms. The maximum atomic E-state index is 12.6. The van der Waals surface area contributed by atoms with Crippen molar-refractivity contribution in [3.05, 3.63) is 58.8 Å². The summed E-state index contributed by atoms with van der Waals surface area (Å²) in [7, 11) is 0. The molecule has 0 aliphatic carbocycles. The van der Waals surface area contributed by atoms with E-state index in [4.69, 9.17) is 5.11 Å². The standard InChI is InChI=1S/C14H8F3N3O3/c15-14(16,17)11-6-5-8(7-18-11)19-9-3-1-2-4-10(9)20(12(19)21)13(22)23/h1-7H,(H,22,23). The van der Waals surface area contributed by atoms with Crippen LogP contribution < -0.4 is 5.69 Å². The molecule has 3 rings (SSSR count). The molecule has 1 N–H and O–H groups in total. The lowest BCUT2D eigenvalue weighted by molar-refractivity contribution is -0.141. The van der Waals surface area contributed by atoms with Crippen LogP contribution in [0.15, 0.2) is 47.4 Å². The number of fused-ring (bicyclic) bond motifs is 1. The first-order valence-corrected chi connectivity index (χ1v) is 6.30. The molecule has 0 radical (unpaired) electrons. The number of pyridine rings is 1. The Morgan fingerprint density at radius 3 is 2.26 bits per heavy atom. The van der Waals surface area contributed by atoms with Crippen LogP contribution in [0.3, 0.4) is 0 Å². The second-order valence-corrected chi connectivity index (χ2v) is 4.62. The van der Waals surface area contributed by atoms with Crippen LogP contribution in [0.2, 0.25) is 0 Å². The molecular formula is C14H8F3N3O3. The molecule has 2 heterocycles. The van der Waals surface area contributed by atoms with E-state index in [1.54, 1.807) is 12.1 Å². The lowest BCUT2D eigenvalue weighted by Gasteiger charge is -2.07. The molecule has 2 aromatic heterocycles. The number of alkyl halides is 3. The number of rotatable bonds is 1. The monoisotopic (exact) mass is 323 g/mol. The van der Waals surface area contributed by atoms with E-state index in [1.165, 1.54) is 12.1 Å². The topological polar surface area (TPSA) is 77.1 Å². The van der Waals surface area contributed by atoms with E-state index in [0.717, 1.165) is 22.9 Å². The van der Waals surface area contributed by atoms with E-state index in [0.29, 0.717) is 4.57 Å². The summed E-state index contributed by atoms with van der Waals surface area (Å²) in [5.74, 6) is 0. The lowest BCUT2D eigenvalue weighted by Crippen LogP contribution is -2.27. The van der Waals surface area contributed by atoms with E-state index in [2.05, 4.69) is 4.98 Å². The Morgan fingerprint density at radius 2 is 1.74 bits per heavy atom. The van der Waals surface area contributed by atoms with Gasteiger partial charge in [0.25, 0.3) is 0 Å². The van der Waals surface area contributed by atoms with Crippen molar-refractivity contribution in [1.82, 2.24) is 14.1 Å². The van der Waals surface area contributed by atoms with E-state index in [1.807, 2.05) is 0 Å². The van der Waals surface area contributed by atoms with E-state index in [9.17, 15) is 22.8 Å². The first-order chi connectivity index (χ1) is 10.8. The molecule has 23 heavy (non-hydrogen) atoms. The summed E-state index contributed by atoms with van der Waals surface area (Å²) >= 11 is 0. The number of para-hydroxylation sites is 2. The zero-order valence-corrected chi connectivity index (χ0v) is 11.3. The molecule has 1 aromatic carbocycles. The second-order valence-electron chi connectivity index (χ2n) is 4.62. The van der Waals surface area contributed by atoms with Gasteiger partial charge in [-0.3, -0.25) is 4.57 Å². The van der Waals surface area contributed by atoms with Crippen LogP contribution in [0.25, 0.3) is 16.7 Å². The van der Waals surface area contributed by atoms with Crippen LogP contribution in [-0.4, -0.2) is 25.3 Å².